The highest BCUT2D eigenvalue weighted by atomic mass is 35.5. The van der Waals surface area contributed by atoms with Crippen molar-refractivity contribution in [2.75, 3.05) is 11.1 Å². The molecule has 132 valence electrons. The van der Waals surface area contributed by atoms with E-state index in [4.69, 9.17) is 28.9 Å². The lowest BCUT2D eigenvalue weighted by atomic mass is 10.2. The van der Waals surface area contributed by atoms with Crippen molar-refractivity contribution in [1.82, 2.24) is 4.31 Å². The summed E-state index contributed by atoms with van der Waals surface area (Å²) in [6, 6.07) is 9.16. The maximum Gasteiger partial charge on any atom is 0.342 e. The molecule has 2 aromatic rings. The average Bonchev–Trinajstić information content (AvgIpc) is 2.48. The molecule has 1 atom stereocenters. The molecular weight excluding hydrogens is 389 g/mol. The van der Waals surface area contributed by atoms with Crippen LogP contribution in [0.1, 0.15) is 5.56 Å². The van der Waals surface area contributed by atoms with Crippen molar-refractivity contribution in [2.45, 2.75) is 17.6 Å². The predicted molar refractivity (Wildman–Crippen MR) is 95.1 cm³/mol. The third-order valence-corrected chi connectivity index (χ3v) is 6.22. The van der Waals surface area contributed by atoms with Crippen molar-refractivity contribution in [3.05, 3.63) is 52.0 Å². The second-order valence-corrected chi connectivity index (χ2v) is 8.12. The number of benzene rings is 2. The summed E-state index contributed by atoms with van der Waals surface area (Å²) in [5, 5.41) is 12.3. The SMILES string of the molecule is Nc1cccc(CN2C(C(=O)O)Nc3cc(Cl)cc(Cl)c3S2(=O)=O)c1. The van der Waals surface area contributed by atoms with Gasteiger partial charge in [0.2, 0.25) is 10.0 Å². The second kappa shape index (κ2) is 6.38. The monoisotopic (exact) mass is 401 g/mol. The number of hydrogen-bond acceptors (Lipinski definition) is 5. The molecule has 0 fully saturated rings. The summed E-state index contributed by atoms with van der Waals surface area (Å²) < 4.78 is 26.8. The molecule has 1 unspecified atom stereocenters. The zero-order chi connectivity index (χ0) is 18.4. The van der Waals surface area contributed by atoms with Crippen LogP contribution in [-0.2, 0) is 21.4 Å². The molecule has 0 saturated heterocycles. The topological polar surface area (TPSA) is 113 Å². The number of nitrogens with one attached hydrogen (secondary N) is 1. The number of nitrogen functional groups attached to an aromatic ring is 1. The first-order chi connectivity index (χ1) is 11.7. The fraction of sp³-hybridized carbons (Fsp3) is 0.133. The van der Waals surface area contributed by atoms with E-state index in [9.17, 15) is 18.3 Å². The Morgan fingerprint density at radius 1 is 1.28 bits per heavy atom. The van der Waals surface area contributed by atoms with Gasteiger partial charge in [0.15, 0.2) is 6.17 Å². The summed E-state index contributed by atoms with van der Waals surface area (Å²) in [6.07, 6.45) is -1.51. The van der Waals surface area contributed by atoms with Crippen molar-refractivity contribution >= 4 is 50.6 Å². The van der Waals surface area contributed by atoms with E-state index in [1.54, 1.807) is 24.3 Å². The average molecular weight is 402 g/mol. The molecule has 0 saturated carbocycles. The van der Waals surface area contributed by atoms with Gasteiger partial charge in [-0.15, -0.1) is 0 Å². The number of rotatable bonds is 3. The van der Waals surface area contributed by atoms with Crippen molar-refractivity contribution in [1.29, 1.82) is 0 Å². The van der Waals surface area contributed by atoms with E-state index >= 15 is 0 Å². The van der Waals surface area contributed by atoms with E-state index in [1.807, 2.05) is 0 Å². The van der Waals surface area contributed by atoms with Gasteiger partial charge in [-0.2, -0.15) is 4.31 Å². The van der Waals surface area contributed by atoms with Gasteiger partial charge in [0.1, 0.15) is 4.90 Å². The zero-order valence-electron chi connectivity index (χ0n) is 12.6. The van der Waals surface area contributed by atoms with Gasteiger partial charge in [0.05, 0.1) is 10.7 Å². The number of sulfonamides is 1. The Morgan fingerprint density at radius 2 is 2.00 bits per heavy atom. The third-order valence-electron chi connectivity index (χ3n) is 3.68. The highest BCUT2D eigenvalue weighted by molar-refractivity contribution is 7.89. The highest BCUT2D eigenvalue weighted by Gasteiger charge is 2.43. The van der Waals surface area contributed by atoms with Crippen LogP contribution in [0, 0.1) is 0 Å². The van der Waals surface area contributed by atoms with Gasteiger partial charge in [0, 0.05) is 17.3 Å². The van der Waals surface area contributed by atoms with Gasteiger partial charge in [0.25, 0.3) is 0 Å². The van der Waals surface area contributed by atoms with E-state index in [0.717, 1.165) is 4.31 Å². The molecule has 0 radical (unpaired) electrons. The molecule has 1 aliphatic rings. The first-order valence-corrected chi connectivity index (χ1v) is 9.24. The van der Waals surface area contributed by atoms with E-state index in [0.29, 0.717) is 11.3 Å². The molecule has 0 aromatic heterocycles. The lowest BCUT2D eigenvalue weighted by Crippen LogP contribution is -2.52. The van der Waals surface area contributed by atoms with Crippen molar-refractivity contribution in [3.8, 4) is 0 Å². The number of hydrogen-bond donors (Lipinski definition) is 3. The summed E-state index contributed by atoms with van der Waals surface area (Å²) in [5.74, 6) is -1.35. The Hall–Kier alpha value is -2.00. The fourth-order valence-corrected chi connectivity index (χ4v) is 5.10. The minimum atomic E-state index is -4.18. The standard InChI is InChI=1S/C15H13Cl2N3O4S/c16-9-5-11(17)13-12(6-9)19-14(15(21)22)20(25(13,23)24)7-8-2-1-3-10(18)4-8/h1-6,14,19H,7,18H2,(H,21,22). The smallest absolute Gasteiger partial charge is 0.342 e. The normalized spacial score (nSPS) is 19.0. The van der Waals surface area contributed by atoms with Gasteiger partial charge >= 0.3 is 5.97 Å². The first kappa shape index (κ1) is 17.8. The summed E-state index contributed by atoms with van der Waals surface area (Å²) >= 11 is 11.9. The van der Waals surface area contributed by atoms with Crippen LogP contribution in [-0.4, -0.2) is 30.0 Å². The maximum atomic E-state index is 13.0. The molecule has 0 aliphatic carbocycles. The Balaban J connectivity index is 2.13. The Labute approximate surface area is 154 Å². The summed E-state index contributed by atoms with van der Waals surface area (Å²) in [4.78, 5) is 11.4. The number of carboxylic acid groups (broad SMARTS) is 1. The third kappa shape index (κ3) is 3.25. The lowest BCUT2D eigenvalue weighted by Gasteiger charge is -2.35. The molecule has 1 heterocycles. The Morgan fingerprint density at radius 3 is 2.64 bits per heavy atom. The van der Waals surface area contributed by atoms with Crippen LogP contribution in [0.4, 0.5) is 11.4 Å². The van der Waals surface area contributed by atoms with Crippen molar-refractivity contribution in [3.63, 3.8) is 0 Å². The summed E-state index contributed by atoms with van der Waals surface area (Å²) in [7, 11) is -4.18. The minimum Gasteiger partial charge on any atom is -0.479 e. The van der Waals surface area contributed by atoms with Crippen LogP contribution in [0.2, 0.25) is 10.0 Å². The Bertz CT molecular complexity index is 965. The van der Waals surface area contributed by atoms with Crippen LogP contribution in [0.5, 0.6) is 0 Å². The van der Waals surface area contributed by atoms with Crippen LogP contribution in [0.25, 0.3) is 0 Å². The lowest BCUT2D eigenvalue weighted by molar-refractivity contribution is -0.140. The molecule has 25 heavy (non-hydrogen) atoms. The molecule has 0 bridgehead atoms. The number of nitrogens with zero attached hydrogens (tertiary/aromatic N) is 1. The molecule has 2 aromatic carbocycles. The number of aliphatic carboxylic acids is 1. The summed E-state index contributed by atoms with van der Waals surface area (Å²) in [5.41, 5.74) is 6.75. The largest absolute Gasteiger partial charge is 0.479 e. The van der Waals surface area contributed by atoms with Crippen LogP contribution < -0.4 is 11.1 Å². The maximum absolute atomic E-state index is 13.0. The predicted octanol–water partition coefficient (Wildman–Crippen LogP) is 2.60. The number of nitrogens with two attached hydrogens (primary N) is 1. The van der Waals surface area contributed by atoms with E-state index in [-0.39, 0.29) is 27.2 Å². The highest BCUT2D eigenvalue weighted by Crippen LogP contribution is 2.39. The second-order valence-electron chi connectivity index (χ2n) is 5.44. The quantitative estimate of drug-likeness (QED) is 0.681. The number of carboxylic acids is 1. The van der Waals surface area contributed by atoms with Crippen LogP contribution >= 0.6 is 23.2 Å². The number of carbonyl (C=O) groups is 1. The molecule has 0 spiro atoms. The molecule has 4 N–H and O–H groups in total. The number of anilines is 2. The fourth-order valence-electron chi connectivity index (χ4n) is 2.64. The van der Waals surface area contributed by atoms with E-state index in [1.165, 1.54) is 12.1 Å². The van der Waals surface area contributed by atoms with E-state index < -0.39 is 22.2 Å². The molecular formula is C15H13Cl2N3O4S. The first-order valence-electron chi connectivity index (χ1n) is 7.05. The van der Waals surface area contributed by atoms with Gasteiger partial charge in [-0.25, -0.2) is 13.2 Å². The van der Waals surface area contributed by atoms with Crippen molar-refractivity contribution < 1.29 is 18.3 Å². The van der Waals surface area contributed by atoms with Gasteiger partial charge in [-0.3, -0.25) is 0 Å². The van der Waals surface area contributed by atoms with Gasteiger partial charge < -0.3 is 16.2 Å². The molecule has 3 rings (SSSR count). The molecule has 7 nitrogen and oxygen atoms in total. The molecule has 0 amide bonds. The van der Waals surface area contributed by atoms with Crippen LogP contribution in [0.3, 0.4) is 0 Å². The minimum absolute atomic E-state index is 0.0497. The molecule has 10 heteroatoms. The Kier molecular flexibility index (Phi) is 4.54. The van der Waals surface area contributed by atoms with Crippen LogP contribution in [0.15, 0.2) is 41.3 Å². The zero-order valence-corrected chi connectivity index (χ0v) is 14.9. The van der Waals surface area contributed by atoms with E-state index in [2.05, 4.69) is 5.32 Å². The van der Waals surface area contributed by atoms with Gasteiger partial charge in [-0.1, -0.05) is 35.3 Å². The number of fused-ring (bicyclic) bond motifs is 1. The number of halogens is 2. The summed E-state index contributed by atoms with van der Waals surface area (Å²) in [6.45, 7) is -0.185. The van der Waals surface area contributed by atoms with Gasteiger partial charge in [-0.05, 0) is 29.8 Å². The molecule has 1 aliphatic heterocycles. The van der Waals surface area contributed by atoms with Crippen molar-refractivity contribution in [2.24, 2.45) is 0 Å².